The number of sulfonamides is 1. The zero-order valence-corrected chi connectivity index (χ0v) is 12.5. The molecule has 2 aromatic rings. The van der Waals surface area contributed by atoms with E-state index in [-0.39, 0.29) is 5.02 Å². The molecule has 0 spiro atoms. The van der Waals surface area contributed by atoms with Crippen molar-refractivity contribution in [3.8, 4) is 0 Å². The number of hydrogen-bond donors (Lipinski definition) is 1. The topological polar surface area (TPSA) is 46.2 Å². The van der Waals surface area contributed by atoms with Crippen LogP contribution in [0.2, 0.25) is 5.02 Å². The van der Waals surface area contributed by atoms with Crippen LogP contribution in [0.5, 0.6) is 0 Å². The Morgan fingerprint density at radius 2 is 1.80 bits per heavy atom. The lowest BCUT2D eigenvalue weighted by atomic mass is 10.1. The molecule has 0 fully saturated rings. The van der Waals surface area contributed by atoms with Crippen LogP contribution in [0.1, 0.15) is 11.1 Å². The van der Waals surface area contributed by atoms with Gasteiger partial charge in [0, 0.05) is 5.02 Å². The molecule has 0 aliphatic heterocycles. The quantitative estimate of drug-likeness (QED) is 0.934. The first kappa shape index (κ1) is 14.8. The molecule has 0 aliphatic carbocycles. The molecule has 0 aromatic heterocycles. The molecule has 2 aromatic carbocycles. The summed E-state index contributed by atoms with van der Waals surface area (Å²) in [5.41, 5.74) is 2.10. The van der Waals surface area contributed by atoms with Gasteiger partial charge in [-0.25, -0.2) is 12.8 Å². The van der Waals surface area contributed by atoms with Crippen molar-refractivity contribution in [1.29, 1.82) is 0 Å². The van der Waals surface area contributed by atoms with Crippen LogP contribution < -0.4 is 4.72 Å². The molecule has 0 atom stereocenters. The smallest absolute Gasteiger partial charge is 0.264 e. The maximum atomic E-state index is 13.7. The number of halogens is 2. The lowest BCUT2D eigenvalue weighted by molar-refractivity contribution is 0.570. The van der Waals surface area contributed by atoms with Crippen LogP contribution in [-0.4, -0.2) is 8.42 Å². The third-order valence-electron chi connectivity index (χ3n) is 2.82. The van der Waals surface area contributed by atoms with E-state index in [4.69, 9.17) is 11.6 Å². The molecule has 0 heterocycles. The Hall–Kier alpha value is -1.59. The largest absolute Gasteiger partial charge is 0.279 e. The molecule has 0 bridgehead atoms. The number of hydrogen-bond acceptors (Lipinski definition) is 2. The van der Waals surface area contributed by atoms with Crippen LogP contribution in [0.3, 0.4) is 0 Å². The minimum absolute atomic E-state index is 0.146. The van der Waals surface area contributed by atoms with E-state index in [1.54, 1.807) is 19.1 Å². The number of aryl methyl sites for hydroxylation is 2. The lowest BCUT2D eigenvalue weighted by Crippen LogP contribution is -2.15. The number of nitrogens with one attached hydrogen (secondary N) is 1. The van der Waals surface area contributed by atoms with E-state index in [1.807, 2.05) is 13.0 Å². The highest BCUT2D eigenvalue weighted by atomic mass is 35.5. The molecule has 0 unspecified atom stereocenters. The summed E-state index contributed by atoms with van der Waals surface area (Å²) in [6, 6.07) is 8.81. The first-order chi connectivity index (χ1) is 9.29. The highest BCUT2D eigenvalue weighted by Crippen LogP contribution is 2.24. The normalized spacial score (nSPS) is 11.4. The number of anilines is 1. The summed E-state index contributed by atoms with van der Waals surface area (Å²) in [4.78, 5) is -0.428. The molecule has 20 heavy (non-hydrogen) atoms. The SMILES string of the molecule is Cc1ccc(C)c(NS(=O)(=O)c2ccc(Cl)cc2F)c1. The van der Waals surface area contributed by atoms with Crippen molar-refractivity contribution in [2.75, 3.05) is 4.72 Å². The Labute approximate surface area is 122 Å². The second-order valence-corrected chi connectivity index (χ2v) is 6.59. The molecular weight excluding hydrogens is 301 g/mol. The van der Waals surface area contributed by atoms with Crippen LogP contribution in [0.15, 0.2) is 41.3 Å². The van der Waals surface area contributed by atoms with Crippen molar-refractivity contribution in [3.63, 3.8) is 0 Å². The van der Waals surface area contributed by atoms with Crippen LogP contribution in [0.4, 0.5) is 10.1 Å². The first-order valence-electron chi connectivity index (χ1n) is 5.85. The summed E-state index contributed by atoms with van der Waals surface area (Å²) in [5, 5.41) is 0.146. The van der Waals surface area contributed by atoms with Gasteiger partial charge < -0.3 is 0 Å². The van der Waals surface area contributed by atoms with Gasteiger partial charge in [0.15, 0.2) is 0 Å². The van der Waals surface area contributed by atoms with Crippen molar-refractivity contribution in [1.82, 2.24) is 0 Å². The Morgan fingerprint density at radius 1 is 1.10 bits per heavy atom. The molecule has 1 N–H and O–H groups in total. The number of rotatable bonds is 3. The summed E-state index contributed by atoms with van der Waals surface area (Å²) < 4.78 is 40.5. The van der Waals surface area contributed by atoms with Gasteiger partial charge in [-0.05, 0) is 49.2 Å². The average Bonchev–Trinajstić information content (AvgIpc) is 2.33. The second-order valence-electron chi connectivity index (χ2n) is 4.50. The van der Waals surface area contributed by atoms with Crippen LogP contribution in [-0.2, 0) is 10.0 Å². The molecule has 0 amide bonds. The Kier molecular flexibility index (Phi) is 4.01. The Bertz CT molecular complexity index is 760. The maximum Gasteiger partial charge on any atom is 0.264 e. The third-order valence-corrected chi connectivity index (χ3v) is 4.45. The molecule has 106 valence electrons. The summed E-state index contributed by atoms with van der Waals surface area (Å²) >= 11 is 5.62. The van der Waals surface area contributed by atoms with E-state index in [9.17, 15) is 12.8 Å². The summed E-state index contributed by atoms with van der Waals surface area (Å²) in [7, 11) is -3.98. The average molecular weight is 314 g/mol. The van der Waals surface area contributed by atoms with E-state index in [2.05, 4.69) is 4.72 Å². The lowest BCUT2D eigenvalue weighted by Gasteiger charge is -2.12. The molecule has 0 saturated carbocycles. The Balaban J connectivity index is 2.43. The van der Waals surface area contributed by atoms with Crippen molar-refractivity contribution in [2.24, 2.45) is 0 Å². The standard InChI is InChI=1S/C14H13ClFNO2S/c1-9-3-4-10(2)13(7-9)17-20(18,19)14-6-5-11(15)8-12(14)16/h3-8,17H,1-2H3. The van der Waals surface area contributed by atoms with Gasteiger partial charge in [0.1, 0.15) is 10.7 Å². The molecule has 2 rings (SSSR count). The van der Waals surface area contributed by atoms with E-state index in [1.165, 1.54) is 6.07 Å². The van der Waals surface area contributed by atoms with Crippen molar-refractivity contribution in [3.05, 3.63) is 58.4 Å². The van der Waals surface area contributed by atoms with Gasteiger partial charge in [-0.15, -0.1) is 0 Å². The van der Waals surface area contributed by atoms with Gasteiger partial charge >= 0.3 is 0 Å². The highest BCUT2D eigenvalue weighted by Gasteiger charge is 2.20. The summed E-state index contributed by atoms with van der Waals surface area (Å²) in [6.07, 6.45) is 0. The predicted molar refractivity (Wildman–Crippen MR) is 78.1 cm³/mol. The van der Waals surface area contributed by atoms with Crippen LogP contribution in [0, 0.1) is 19.7 Å². The predicted octanol–water partition coefficient (Wildman–Crippen LogP) is 3.90. The minimum atomic E-state index is -3.98. The van der Waals surface area contributed by atoms with Crippen molar-refractivity contribution < 1.29 is 12.8 Å². The fraction of sp³-hybridized carbons (Fsp3) is 0.143. The van der Waals surface area contributed by atoms with E-state index in [0.29, 0.717) is 5.69 Å². The van der Waals surface area contributed by atoms with Crippen LogP contribution in [0.25, 0.3) is 0 Å². The fourth-order valence-corrected chi connectivity index (χ4v) is 3.08. The highest BCUT2D eigenvalue weighted by molar-refractivity contribution is 7.92. The zero-order valence-electron chi connectivity index (χ0n) is 10.9. The second kappa shape index (κ2) is 5.42. The van der Waals surface area contributed by atoms with Crippen molar-refractivity contribution in [2.45, 2.75) is 18.7 Å². The zero-order chi connectivity index (χ0) is 14.9. The first-order valence-corrected chi connectivity index (χ1v) is 7.71. The Morgan fingerprint density at radius 3 is 2.45 bits per heavy atom. The van der Waals surface area contributed by atoms with E-state index in [0.717, 1.165) is 23.3 Å². The monoisotopic (exact) mass is 313 g/mol. The molecule has 0 saturated heterocycles. The maximum absolute atomic E-state index is 13.7. The van der Waals surface area contributed by atoms with Gasteiger partial charge in [0.05, 0.1) is 5.69 Å². The van der Waals surface area contributed by atoms with Crippen molar-refractivity contribution >= 4 is 27.3 Å². The molecule has 6 heteroatoms. The molecule has 3 nitrogen and oxygen atoms in total. The number of benzene rings is 2. The van der Waals surface area contributed by atoms with E-state index >= 15 is 0 Å². The van der Waals surface area contributed by atoms with Gasteiger partial charge in [0.25, 0.3) is 10.0 Å². The fourth-order valence-electron chi connectivity index (χ4n) is 1.74. The summed E-state index contributed by atoms with van der Waals surface area (Å²) in [5.74, 6) is -0.879. The summed E-state index contributed by atoms with van der Waals surface area (Å²) in [6.45, 7) is 3.62. The van der Waals surface area contributed by atoms with Gasteiger partial charge in [-0.3, -0.25) is 4.72 Å². The van der Waals surface area contributed by atoms with Gasteiger partial charge in [-0.1, -0.05) is 23.7 Å². The van der Waals surface area contributed by atoms with Crippen LogP contribution >= 0.6 is 11.6 Å². The molecule has 0 aliphatic rings. The minimum Gasteiger partial charge on any atom is -0.279 e. The van der Waals surface area contributed by atoms with Gasteiger partial charge in [0.2, 0.25) is 0 Å². The van der Waals surface area contributed by atoms with E-state index < -0.39 is 20.7 Å². The van der Waals surface area contributed by atoms with Gasteiger partial charge in [-0.2, -0.15) is 0 Å². The molecular formula is C14H13ClFNO2S. The molecule has 0 radical (unpaired) electrons. The third kappa shape index (κ3) is 3.11.